The summed E-state index contributed by atoms with van der Waals surface area (Å²) in [6.45, 7) is 6.88. The lowest BCUT2D eigenvalue weighted by Gasteiger charge is -2.20. The van der Waals surface area contributed by atoms with Crippen LogP contribution < -0.4 is 15.4 Å². The molecule has 0 saturated carbocycles. The van der Waals surface area contributed by atoms with Crippen LogP contribution in [0.1, 0.15) is 52.4 Å². The molecule has 2 N–H and O–H groups in total. The lowest BCUT2D eigenvalue weighted by Crippen LogP contribution is -2.27. The van der Waals surface area contributed by atoms with E-state index in [0.717, 1.165) is 25.4 Å². The summed E-state index contributed by atoms with van der Waals surface area (Å²) >= 11 is 0. The first-order valence-corrected chi connectivity index (χ1v) is 8.12. The zero-order valence-corrected chi connectivity index (χ0v) is 13.2. The second-order valence-corrected chi connectivity index (χ2v) is 5.70. The van der Waals surface area contributed by atoms with Crippen molar-refractivity contribution in [1.29, 1.82) is 0 Å². The SMILES string of the molecule is CCCOc1nc(N)nc(N2CCCC(CCC)CC2)n1. The van der Waals surface area contributed by atoms with E-state index in [9.17, 15) is 0 Å². The Balaban J connectivity index is 2.04. The summed E-state index contributed by atoms with van der Waals surface area (Å²) in [5.74, 6) is 1.72. The predicted molar refractivity (Wildman–Crippen MR) is 84.5 cm³/mol. The average Bonchev–Trinajstić information content (AvgIpc) is 2.71. The zero-order chi connectivity index (χ0) is 15.1. The van der Waals surface area contributed by atoms with Crippen LogP contribution >= 0.6 is 0 Å². The van der Waals surface area contributed by atoms with Crippen molar-refractivity contribution < 1.29 is 4.74 Å². The molecule has 0 spiro atoms. The van der Waals surface area contributed by atoms with E-state index in [-0.39, 0.29) is 5.95 Å². The number of anilines is 2. The molecule has 0 aromatic carbocycles. The van der Waals surface area contributed by atoms with Gasteiger partial charge >= 0.3 is 6.01 Å². The minimum Gasteiger partial charge on any atom is -0.463 e. The first kappa shape index (κ1) is 15.8. The molecule has 6 nitrogen and oxygen atoms in total. The van der Waals surface area contributed by atoms with E-state index >= 15 is 0 Å². The van der Waals surface area contributed by atoms with Crippen molar-refractivity contribution in [3.63, 3.8) is 0 Å². The largest absolute Gasteiger partial charge is 0.463 e. The van der Waals surface area contributed by atoms with Crippen molar-refractivity contribution in [3.05, 3.63) is 0 Å². The van der Waals surface area contributed by atoms with Crippen LogP contribution in [-0.4, -0.2) is 34.6 Å². The van der Waals surface area contributed by atoms with Crippen molar-refractivity contribution in [1.82, 2.24) is 15.0 Å². The van der Waals surface area contributed by atoms with Gasteiger partial charge in [-0.05, 0) is 31.6 Å². The second-order valence-electron chi connectivity index (χ2n) is 5.70. The highest BCUT2D eigenvalue weighted by molar-refractivity contribution is 5.36. The number of nitrogen functional groups attached to an aromatic ring is 1. The third-order valence-corrected chi connectivity index (χ3v) is 3.88. The Morgan fingerprint density at radius 2 is 2.00 bits per heavy atom. The van der Waals surface area contributed by atoms with Gasteiger partial charge in [0.1, 0.15) is 0 Å². The van der Waals surface area contributed by atoms with Gasteiger partial charge in [-0.15, -0.1) is 0 Å². The maximum Gasteiger partial charge on any atom is 0.323 e. The smallest absolute Gasteiger partial charge is 0.323 e. The van der Waals surface area contributed by atoms with Gasteiger partial charge < -0.3 is 15.4 Å². The molecule has 0 radical (unpaired) electrons. The maximum absolute atomic E-state index is 5.78. The molecule has 1 unspecified atom stereocenters. The summed E-state index contributed by atoms with van der Waals surface area (Å²) in [7, 11) is 0. The summed E-state index contributed by atoms with van der Waals surface area (Å²) in [6.07, 6.45) is 7.18. The summed E-state index contributed by atoms with van der Waals surface area (Å²) in [5.41, 5.74) is 5.78. The quantitative estimate of drug-likeness (QED) is 0.869. The maximum atomic E-state index is 5.78. The minimum absolute atomic E-state index is 0.237. The number of nitrogens with two attached hydrogens (primary N) is 1. The van der Waals surface area contributed by atoms with E-state index < -0.39 is 0 Å². The molecule has 118 valence electrons. The van der Waals surface area contributed by atoms with E-state index in [1.807, 2.05) is 6.92 Å². The highest BCUT2D eigenvalue weighted by Gasteiger charge is 2.19. The lowest BCUT2D eigenvalue weighted by molar-refractivity contribution is 0.292. The third kappa shape index (κ3) is 4.72. The van der Waals surface area contributed by atoms with Crippen LogP contribution in [0, 0.1) is 5.92 Å². The molecule has 0 aliphatic carbocycles. The number of aromatic nitrogens is 3. The van der Waals surface area contributed by atoms with E-state index in [0.29, 0.717) is 18.6 Å². The molecule has 1 atom stereocenters. The van der Waals surface area contributed by atoms with Gasteiger partial charge in [-0.1, -0.05) is 26.7 Å². The normalized spacial score (nSPS) is 19.3. The molecule has 1 aliphatic rings. The van der Waals surface area contributed by atoms with Gasteiger partial charge in [0.05, 0.1) is 6.61 Å². The van der Waals surface area contributed by atoms with Crippen LogP contribution in [0.15, 0.2) is 0 Å². The monoisotopic (exact) mass is 293 g/mol. The van der Waals surface area contributed by atoms with Gasteiger partial charge in [-0.25, -0.2) is 0 Å². The molecule has 1 aromatic rings. The van der Waals surface area contributed by atoms with Gasteiger partial charge in [0.2, 0.25) is 11.9 Å². The molecular weight excluding hydrogens is 266 g/mol. The molecule has 1 aliphatic heterocycles. The van der Waals surface area contributed by atoms with Gasteiger partial charge in [0, 0.05) is 13.1 Å². The van der Waals surface area contributed by atoms with Crippen LogP contribution in [-0.2, 0) is 0 Å². The molecule has 0 amide bonds. The Morgan fingerprint density at radius 1 is 1.14 bits per heavy atom. The van der Waals surface area contributed by atoms with E-state index in [2.05, 4.69) is 26.8 Å². The number of ether oxygens (including phenoxy) is 1. The van der Waals surface area contributed by atoms with Gasteiger partial charge in [0.15, 0.2) is 0 Å². The van der Waals surface area contributed by atoms with Crippen LogP contribution in [0.4, 0.5) is 11.9 Å². The van der Waals surface area contributed by atoms with E-state index in [1.165, 1.54) is 32.1 Å². The average molecular weight is 293 g/mol. The number of rotatable bonds is 6. The lowest BCUT2D eigenvalue weighted by atomic mass is 9.96. The van der Waals surface area contributed by atoms with Gasteiger partial charge in [0.25, 0.3) is 0 Å². The summed E-state index contributed by atoms with van der Waals surface area (Å²) in [5, 5.41) is 0. The van der Waals surface area contributed by atoms with E-state index in [1.54, 1.807) is 0 Å². The van der Waals surface area contributed by atoms with Crippen LogP contribution in [0.3, 0.4) is 0 Å². The Bertz CT molecular complexity index is 440. The van der Waals surface area contributed by atoms with E-state index in [4.69, 9.17) is 10.5 Å². The van der Waals surface area contributed by atoms with Crippen LogP contribution in [0.25, 0.3) is 0 Å². The third-order valence-electron chi connectivity index (χ3n) is 3.88. The standard InChI is InChI=1S/C15H27N5O/c1-3-6-12-7-5-9-20(10-8-12)14-17-13(16)18-15(19-14)21-11-4-2/h12H,3-11H2,1-2H3,(H2,16,17,18,19). The highest BCUT2D eigenvalue weighted by Crippen LogP contribution is 2.24. The summed E-state index contributed by atoms with van der Waals surface area (Å²) in [4.78, 5) is 14.9. The van der Waals surface area contributed by atoms with Gasteiger partial charge in [-0.2, -0.15) is 15.0 Å². The first-order valence-electron chi connectivity index (χ1n) is 8.12. The summed E-state index contributed by atoms with van der Waals surface area (Å²) in [6, 6.07) is 0.341. The van der Waals surface area contributed by atoms with Gasteiger partial charge in [-0.3, -0.25) is 0 Å². The molecule has 6 heteroatoms. The zero-order valence-electron chi connectivity index (χ0n) is 13.2. The van der Waals surface area contributed by atoms with Crippen molar-refractivity contribution >= 4 is 11.9 Å². The topological polar surface area (TPSA) is 77.2 Å². The minimum atomic E-state index is 0.237. The molecule has 2 heterocycles. The second kappa shape index (κ2) is 8.00. The number of hydrogen-bond acceptors (Lipinski definition) is 6. The molecule has 21 heavy (non-hydrogen) atoms. The fourth-order valence-electron chi connectivity index (χ4n) is 2.82. The highest BCUT2D eigenvalue weighted by atomic mass is 16.5. The molecule has 1 saturated heterocycles. The van der Waals surface area contributed by atoms with Crippen molar-refractivity contribution in [2.45, 2.75) is 52.4 Å². The molecule has 0 bridgehead atoms. The molecule has 1 aromatic heterocycles. The number of nitrogens with zero attached hydrogens (tertiary/aromatic N) is 4. The fraction of sp³-hybridized carbons (Fsp3) is 0.800. The Kier molecular flexibility index (Phi) is 6.02. The first-order chi connectivity index (χ1) is 10.2. The van der Waals surface area contributed by atoms with Crippen molar-refractivity contribution in [2.75, 3.05) is 30.3 Å². The summed E-state index contributed by atoms with van der Waals surface area (Å²) < 4.78 is 5.49. The Morgan fingerprint density at radius 3 is 2.76 bits per heavy atom. The Labute approximate surface area is 127 Å². The van der Waals surface area contributed by atoms with Crippen molar-refractivity contribution in [3.8, 4) is 6.01 Å². The predicted octanol–water partition coefficient (Wildman–Crippen LogP) is 2.65. The van der Waals surface area contributed by atoms with Crippen LogP contribution in [0.2, 0.25) is 0 Å². The molecular formula is C15H27N5O. The van der Waals surface area contributed by atoms with Crippen molar-refractivity contribution in [2.24, 2.45) is 5.92 Å². The Hall–Kier alpha value is -1.59. The fourth-order valence-corrected chi connectivity index (χ4v) is 2.82. The molecule has 1 fully saturated rings. The van der Waals surface area contributed by atoms with Crippen LogP contribution in [0.5, 0.6) is 6.01 Å². The number of hydrogen-bond donors (Lipinski definition) is 1. The molecule has 2 rings (SSSR count).